The molecule has 0 aliphatic heterocycles. The van der Waals surface area contributed by atoms with Crippen molar-refractivity contribution < 1.29 is 14.2 Å². The molecule has 0 aliphatic carbocycles. The summed E-state index contributed by atoms with van der Waals surface area (Å²) >= 11 is 0. The topological polar surface area (TPSA) is 39.7 Å². The summed E-state index contributed by atoms with van der Waals surface area (Å²) in [6.45, 7) is 7.62. The molecule has 0 fully saturated rings. The largest absolute Gasteiger partial charge is 0.381 e. The third-order valence-electron chi connectivity index (χ3n) is 1.93. The van der Waals surface area contributed by atoms with Crippen LogP contribution in [0.4, 0.5) is 0 Å². The maximum Gasteiger partial charge on any atom is 0.169 e. The highest BCUT2D eigenvalue weighted by Crippen LogP contribution is 1.93. The van der Waals surface area contributed by atoms with Gasteiger partial charge >= 0.3 is 0 Å². The average Bonchev–Trinajstić information content (AvgIpc) is 2.22. The highest BCUT2D eigenvalue weighted by atomic mass is 16.7. The van der Waals surface area contributed by atoms with E-state index in [0.29, 0.717) is 5.92 Å². The van der Waals surface area contributed by atoms with Crippen LogP contribution in [0.2, 0.25) is 0 Å². The van der Waals surface area contributed by atoms with E-state index in [0.717, 1.165) is 32.7 Å². The van der Waals surface area contributed by atoms with Gasteiger partial charge in [-0.1, -0.05) is 13.8 Å². The Labute approximate surface area is 93.3 Å². The minimum Gasteiger partial charge on any atom is -0.381 e. The van der Waals surface area contributed by atoms with E-state index in [9.17, 15) is 0 Å². The maximum absolute atomic E-state index is 5.45. The van der Waals surface area contributed by atoms with E-state index in [1.165, 1.54) is 0 Å². The summed E-state index contributed by atoms with van der Waals surface area (Å²) in [7, 11) is 3.28. The van der Waals surface area contributed by atoms with Gasteiger partial charge in [0.25, 0.3) is 0 Å². The lowest BCUT2D eigenvalue weighted by Crippen LogP contribution is -2.30. The Morgan fingerprint density at radius 3 is 2.33 bits per heavy atom. The number of rotatable bonds is 10. The van der Waals surface area contributed by atoms with E-state index >= 15 is 0 Å². The molecule has 0 radical (unpaired) electrons. The van der Waals surface area contributed by atoms with Gasteiger partial charge in [0.05, 0.1) is 0 Å². The molecule has 4 nitrogen and oxygen atoms in total. The van der Waals surface area contributed by atoms with Crippen molar-refractivity contribution in [2.24, 2.45) is 5.92 Å². The van der Waals surface area contributed by atoms with Crippen molar-refractivity contribution in [2.45, 2.75) is 26.6 Å². The predicted molar refractivity (Wildman–Crippen MR) is 60.9 cm³/mol. The second kappa shape index (κ2) is 10.4. The molecule has 0 aromatic rings. The summed E-state index contributed by atoms with van der Waals surface area (Å²) in [5.74, 6) is 0.615. The summed E-state index contributed by atoms with van der Waals surface area (Å²) < 4.78 is 15.5. The Morgan fingerprint density at radius 2 is 1.80 bits per heavy atom. The van der Waals surface area contributed by atoms with Crippen LogP contribution in [0.1, 0.15) is 20.3 Å². The van der Waals surface area contributed by atoms with Crippen LogP contribution in [-0.4, -0.2) is 46.8 Å². The first-order valence-electron chi connectivity index (χ1n) is 5.54. The second-order valence-corrected chi connectivity index (χ2v) is 3.93. The van der Waals surface area contributed by atoms with Gasteiger partial charge in [-0.2, -0.15) is 0 Å². The smallest absolute Gasteiger partial charge is 0.169 e. The number of hydrogen-bond donors (Lipinski definition) is 1. The van der Waals surface area contributed by atoms with Crippen molar-refractivity contribution >= 4 is 0 Å². The normalized spacial score (nSPS) is 11.6. The molecule has 0 amide bonds. The van der Waals surface area contributed by atoms with Crippen molar-refractivity contribution in [2.75, 3.05) is 40.5 Å². The van der Waals surface area contributed by atoms with Crippen LogP contribution in [0.25, 0.3) is 0 Å². The van der Waals surface area contributed by atoms with Crippen molar-refractivity contribution in [3.05, 3.63) is 0 Å². The number of hydrogen-bond acceptors (Lipinski definition) is 4. The first-order chi connectivity index (χ1) is 7.20. The molecule has 0 spiro atoms. The fourth-order valence-electron chi connectivity index (χ4n) is 1.10. The lowest BCUT2D eigenvalue weighted by atomic mass is 10.2. The second-order valence-electron chi connectivity index (χ2n) is 3.93. The molecule has 0 aliphatic rings. The molecule has 0 atom stereocenters. The van der Waals surface area contributed by atoms with Gasteiger partial charge in [-0.25, -0.2) is 0 Å². The molecule has 0 saturated heterocycles. The number of nitrogens with one attached hydrogen (secondary N) is 1. The van der Waals surface area contributed by atoms with E-state index in [2.05, 4.69) is 19.2 Å². The van der Waals surface area contributed by atoms with E-state index < -0.39 is 0 Å². The van der Waals surface area contributed by atoms with Gasteiger partial charge in [-0.3, -0.25) is 0 Å². The zero-order valence-electron chi connectivity index (χ0n) is 10.4. The molecule has 4 heteroatoms. The Hall–Kier alpha value is -0.160. The average molecular weight is 219 g/mol. The van der Waals surface area contributed by atoms with Gasteiger partial charge in [0.15, 0.2) is 6.29 Å². The van der Waals surface area contributed by atoms with Gasteiger partial charge in [0, 0.05) is 34.0 Å². The van der Waals surface area contributed by atoms with Crippen LogP contribution < -0.4 is 5.32 Å². The number of methoxy groups -OCH3 is 2. The quantitative estimate of drug-likeness (QED) is 0.443. The minimum absolute atomic E-state index is 0.151. The van der Waals surface area contributed by atoms with Crippen LogP contribution >= 0.6 is 0 Å². The van der Waals surface area contributed by atoms with Gasteiger partial charge in [0.1, 0.15) is 0 Å². The molecule has 15 heavy (non-hydrogen) atoms. The predicted octanol–water partition coefficient (Wildman–Crippen LogP) is 1.26. The Balaban J connectivity index is 3.10. The van der Waals surface area contributed by atoms with Crippen molar-refractivity contribution in [1.82, 2.24) is 5.32 Å². The monoisotopic (exact) mass is 219 g/mol. The van der Waals surface area contributed by atoms with E-state index in [-0.39, 0.29) is 6.29 Å². The molecule has 0 saturated carbocycles. The fraction of sp³-hybridized carbons (Fsp3) is 1.00. The molecule has 0 bridgehead atoms. The lowest BCUT2D eigenvalue weighted by molar-refractivity contribution is -0.0987. The van der Waals surface area contributed by atoms with Crippen molar-refractivity contribution in [1.29, 1.82) is 0 Å². The Bertz CT molecular complexity index is 127. The number of ether oxygens (including phenoxy) is 3. The summed E-state index contributed by atoms with van der Waals surface area (Å²) in [4.78, 5) is 0. The Morgan fingerprint density at radius 1 is 1.13 bits per heavy atom. The van der Waals surface area contributed by atoms with Crippen molar-refractivity contribution in [3.63, 3.8) is 0 Å². The summed E-state index contributed by atoms with van der Waals surface area (Å²) in [5.41, 5.74) is 0. The van der Waals surface area contributed by atoms with Crippen LogP contribution in [0.3, 0.4) is 0 Å². The fourth-order valence-corrected chi connectivity index (χ4v) is 1.10. The van der Waals surface area contributed by atoms with Crippen molar-refractivity contribution in [3.8, 4) is 0 Å². The van der Waals surface area contributed by atoms with Gasteiger partial charge in [0.2, 0.25) is 0 Å². The maximum atomic E-state index is 5.45. The minimum atomic E-state index is -0.151. The van der Waals surface area contributed by atoms with E-state index in [4.69, 9.17) is 14.2 Å². The van der Waals surface area contributed by atoms with Crippen LogP contribution in [-0.2, 0) is 14.2 Å². The molecule has 92 valence electrons. The third kappa shape index (κ3) is 10.1. The Kier molecular flexibility index (Phi) is 10.3. The molecule has 0 unspecified atom stereocenters. The lowest BCUT2D eigenvalue weighted by Gasteiger charge is -2.14. The molecule has 1 N–H and O–H groups in total. The van der Waals surface area contributed by atoms with E-state index in [1.807, 2.05) is 0 Å². The summed E-state index contributed by atoms with van der Waals surface area (Å²) in [5, 5.41) is 3.25. The molecule has 0 rings (SSSR count). The van der Waals surface area contributed by atoms with Crippen LogP contribution in [0.15, 0.2) is 0 Å². The highest BCUT2D eigenvalue weighted by Gasteiger charge is 2.02. The highest BCUT2D eigenvalue weighted by molar-refractivity contribution is 4.51. The van der Waals surface area contributed by atoms with Gasteiger partial charge < -0.3 is 19.5 Å². The first-order valence-corrected chi connectivity index (χ1v) is 5.54. The molecule has 0 aromatic carbocycles. The first kappa shape index (κ1) is 14.8. The molecule has 0 heterocycles. The molecular formula is C11H25NO3. The summed E-state index contributed by atoms with van der Waals surface area (Å²) in [6.07, 6.45) is 0.869. The molecule has 0 aromatic heterocycles. The van der Waals surface area contributed by atoms with Crippen LogP contribution in [0.5, 0.6) is 0 Å². The van der Waals surface area contributed by atoms with Gasteiger partial charge in [-0.15, -0.1) is 0 Å². The zero-order valence-corrected chi connectivity index (χ0v) is 10.4. The zero-order chi connectivity index (χ0) is 11.5. The van der Waals surface area contributed by atoms with E-state index in [1.54, 1.807) is 14.2 Å². The SMILES string of the molecule is COC(CNCCCOCC(C)C)OC. The third-order valence-corrected chi connectivity index (χ3v) is 1.93. The standard InChI is InChI=1S/C11H25NO3/c1-10(2)9-15-7-5-6-12-8-11(13-3)14-4/h10-12H,5-9H2,1-4H3. The van der Waals surface area contributed by atoms with Gasteiger partial charge in [-0.05, 0) is 18.9 Å². The van der Waals surface area contributed by atoms with Crippen LogP contribution in [0, 0.1) is 5.92 Å². The summed E-state index contributed by atoms with van der Waals surface area (Å²) in [6, 6.07) is 0. The molecular weight excluding hydrogens is 194 g/mol.